The van der Waals surface area contributed by atoms with Gasteiger partial charge in [-0.15, -0.1) is 0 Å². The number of pyridine rings is 1. The second-order valence-electron chi connectivity index (χ2n) is 6.51. The summed E-state index contributed by atoms with van der Waals surface area (Å²) < 4.78 is 10.6. The first-order valence-corrected chi connectivity index (χ1v) is 8.89. The number of methoxy groups -OCH3 is 2. The van der Waals surface area contributed by atoms with Crippen LogP contribution in [0.4, 0.5) is 0 Å². The number of amides is 1. The number of hydrogen-bond donors (Lipinski definition) is 1. The molecule has 2 aromatic carbocycles. The van der Waals surface area contributed by atoms with Crippen LogP contribution in [-0.4, -0.2) is 31.7 Å². The molecule has 3 aromatic rings. The summed E-state index contributed by atoms with van der Waals surface area (Å²) in [5.41, 5.74) is 4.48. The minimum atomic E-state index is -0.108. The maximum Gasteiger partial charge on any atom is 0.253 e. The van der Waals surface area contributed by atoms with Crippen molar-refractivity contribution in [3.8, 4) is 11.5 Å². The molecule has 3 rings (SSSR count). The molecule has 1 N–H and O–H groups in total. The van der Waals surface area contributed by atoms with Crippen LogP contribution in [0.2, 0.25) is 0 Å². The Kier molecular flexibility index (Phi) is 5.60. The molecule has 0 bridgehead atoms. The zero-order valence-corrected chi connectivity index (χ0v) is 16.1. The first kappa shape index (κ1) is 18.7. The number of hydrogen-bond acceptors (Lipinski definition) is 4. The van der Waals surface area contributed by atoms with Gasteiger partial charge in [0.15, 0.2) is 11.5 Å². The molecule has 0 aliphatic heterocycles. The summed E-state index contributed by atoms with van der Waals surface area (Å²) in [4.78, 5) is 17.2. The molecule has 5 heteroatoms. The Morgan fingerprint density at radius 2 is 1.78 bits per heavy atom. The highest BCUT2D eigenvalue weighted by Gasteiger charge is 2.12. The Bertz CT molecular complexity index is 983. The molecule has 0 saturated carbocycles. The van der Waals surface area contributed by atoms with Crippen molar-refractivity contribution >= 4 is 16.8 Å². The molecule has 0 saturated heterocycles. The molecule has 140 valence electrons. The van der Waals surface area contributed by atoms with E-state index in [1.807, 2.05) is 56.3 Å². The molecule has 0 unspecified atom stereocenters. The molecule has 27 heavy (non-hydrogen) atoms. The number of rotatable bonds is 6. The number of aryl methyl sites for hydroxylation is 2. The number of nitrogens with zero attached hydrogens (tertiary/aromatic N) is 1. The lowest BCUT2D eigenvalue weighted by Crippen LogP contribution is -2.26. The van der Waals surface area contributed by atoms with Crippen LogP contribution >= 0.6 is 0 Å². The number of nitrogens with one attached hydrogen (secondary N) is 1. The Balaban J connectivity index is 1.68. The van der Waals surface area contributed by atoms with E-state index in [1.165, 1.54) is 0 Å². The van der Waals surface area contributed by atoms with Gasteiger partial charge in [0.1, 0.15) is 0 Å². The van der Waals surface area contributed by atoms with Crippen molar-refractivity contribution in [2.75, 3.05) is 20.8 Å². The van der Waals surface area contributed by atoms with Crippen LogP contribution < -0.4 is 14.8 Å². The van der Waals surface area contributed by atoms with Crippen molar-refractivity contribution in [2.24, 2.45) is 0 Å². The highest BCUT2D eigenvalue weighted by molar-refractivity contribution is 5.98. The van der Waals surface area contributed by atoms with Crippen LogP contribution in [0.3, 0.4) is 0 Å². The van der Waals surface area contributed by atoms with Gasteiger partial charge in [-0.3, -0.25) is 9.78 Å². The Labute approximate surface area is 159 Å². The fourth-order valence-electron chi connectivity index (χ4n) is 3.06. The number of fused-ring (bicyclic) bond motifs is 1. The second-order valence-corrected chi connectivity index (χ2v) is 6.51. The largest absolute Gasteiger partial charge is 0.493 e. The summed E-state index contributed by atoms with van der Waals surface area (Å²) >= 11 is 0. The third-order valence-electron chi connectivity index (χ3n) is 4.56. The van der Waals surface area contributed by atoms with E-state index >= 15 is 0 Å². The van der Waals surface area contributed by atoms with Crippen molar-refractivity contribution in [1.29, 1.82) is 0 Å². The minimum absolute atomic E-state index is 0.108. The van der Waals surface area contributed by atoms with Crippen LogP contribution in [0.25, 0.3) is 10.9 Å². The monoisotopic (exact) mass is 364 g/mol. The Hall–Kier alpha value is -3.08. The van der Waals surface area contributed by atoms with E-state index in [0.717, 1.165) is 27.7 Å². The summed E-state index contributed by atoms with van der Waals surface area (Å²) in [7, 11) is 3.22. The van der Waals surface area contributed by atoms with Gasteiger partial charge in [0.05, 0.1) is 31.0 Å². The number of carbonyl (C=O) groups excluding carboxylic acids is 1. The van der Waals surface area contributed by atoms with Crippen molar-refractivity contribution < 1.29 is 14.3 Å². The van der Waals surface area contributed by atoms with Crippen molar-refractivity contribution in [3.63, 3.8) is 0 Å². The van der Waals surface area contributed by atoms with Gasteiger partial charge in [0, 0.05) is 11.9 Å². The fraction of sp³-hybridized carbons (Fsp3) is 0.273. The van der Waals surface area contributed by atoms with E-state index < -0.39 is 0 Å². The number of ether oxygens (including phenoxy) is 2. The van der Waals surface area contributed by atoms with Crippen LogP contribution in [0.5, 0.6) is 11.5 Å². The van der Waals surface area contributed by atoms with Gasteiger partial charge in [0.2, 0.25) is 0 Å². The summed E-state index contributed by atoms with van der Waals surface area (Å²) in [6, 6.07) is 13.7. The molecule has 1 heterocycles. The van der Waals surface area contributed by atoms with Crippen molar-refractivity contribution in [1.82, 2.24) is 10.3 Å². The molecule has 0 aliphatic carbocycles. The molecule has 1 amide bonds. The smallest absolute Gasteiger partial charge is 0.253 e. The van der Waals surface area contributed by atoms with Crippen LogP contribution in [0.15, 0.2) is 42.5 Å². The summed E-state index contributed by atoms with van der Waals surface area (Å²) in [6.07, 6.45) is 0.700. The van der Waals surface area contributed by atoms with Gasteiger partial charge < -0.3 is 14.8 Å². The summed E-state index contributed by atoms with van der Waals surface area (Å²) in [5, 5.41) is 3.95. The quantitative estimate of drug-likeness (QED) is 0.722. The van der Waals surface area contributed by atoms with Gasteiger partial charge in [-0.2, -0.15) is 0 Å². The summed E-state index contributed by atoms with van der Waals surface area (Å²) in [5.74, 6) is 1.27. The molecular formula is C22H24N2O3. The molecule has 5 nitrogen and oxygen atoms in total. The van der Waals surface area contributed by atoms with E-state index in [1.54, 1.807) is 14.2 Å². The zero-order chi connectivity index (χ0) is 19.4. The van der Waals surface area contributed by atoms with Crippen molar-refractivity contribution in [3.05, 3.63) is 64.8 Å². The average molecular weight is 364 g/mol. The van der Waals surface area contributed by atoms with E-state index in [4.69, 9.17) is 9.47 Å². The highest BCUT2D eigenvalue weighted by atomic mass is 16.5. The molecule has 0 fully saturated rings. The summed E-state index contributed by atoms with van der Waals surface area (Å²) in [6.45, 7) is 4.43. The predicted octanol–water partition coefficient (Wildman–Crippen LogP) is 3.84. The molecule has 0 atom stereocenters. The van der Waals surface area contributed by atoms with Crippen LogP contribution in [0, 0.1) is 13.8 Å². The number of carbonyl (C=O) groups is 1. The minimum Gasteiger partial charge on any atom is -0.493 e. The third kappa shape index (κ3) is 4.19. The Morgan fingerprint density at radius 1 is 1.00 bits per heavy atom. The molecule has 0 radical (unpaired) electrons. The van der Waals surface area contributed by atoms with E-state index in [-0.39, 0.29) is 5.91 Å². The predicted molar refractivity (Wildman–Crippen MR) is 107 cm³/mol. The van der Waals surface area contributed by atoms with Crippen molar-refractivity contribution in [2.45, 2.75) is 20.3 Å². The van der Waals surface area contributed by atoms with E-state index in [0.29, 0.717) is 30.0 Å². The Morgan fingerprint density at radius 3 is 2.52 bits per heavy atom. The lowest BCUT2D eigenvalue weighted by molar-refractivity contribution is 0.0953. The standard InChI is InChI=1S/C22H24N2O3/c1-14-5-7-17-13-18(15(2)24-19(17)11-14)22(25)23-10-9-16-6-8-20(26-3)21(12-16)27-4/h5-8,11-13H,9-10H2,1-4H3,(H,23,25). The van der Waals surface area contributed by atoms with Gasteiger partial charge in [0.25, 0.3) is 5.91 Å². The second kappa shape index (κ2) is 8.08. The third-order valence-corrected chi connectivity index (χ3v) is 4.56. The lowest BCUT2D eigenvalue weighted by atomic mass is 10.1. The number of benzene rings is 2. The lowest BCUT2D eigenvalue weighted by Gasteiger charge is -2.11. The molecule has 1 aromatic heterocycles. The average Bonchev–Trinajstić information content (AvgIpc) is 2.67. The first-order valence-electron chi connectivity index (χ1n) is 8.89. The van der Waals surface area contributed by atoms with Crippen LogP contribution in [-0.2, 0) is 6.42 Å². The maximum atomic E-state index is 12.6. The fourth-order valence-corrected chi connectivity index (χ4v) is 3.06. The highest BCUT2D eigenvalue weighted by Crippen LogP contribution is 2.27. The normalized spacial score (nSPS) is 10.7. The van der Waals surface area contributed by atoms with E-state index in [2.05, 4.69) is 10.3 Å². The van der Waals surface area contributed by atoms with Crippen LogP contribution in [0.1, 0.15) is 27.2 Å². The van der Waals surface area contributed by atoms with Gasteiger partial charge in [-0.05, 0) is 55.7 Å². The molecule has 0 aliphatic rings. The van der Waals surface area contributed by atoms with E-state index in [9.17, 15) is 4.79 Å². The topological polar surface area (TPSA) is 60.5 Å². The van der Waals surface area contributed by atoms with Gasteiger partial charge >= 0.3 is 0 Å². The maximum absolute atomic E-state index is 12.6. The van der Waals surface area contributed by atoms with Gasteiger partial charge in [-0.1, -0.05) is 18.2 Å². The first-order chi connectivity index (χ1) is 13.0. The van der Waals surface area contributed by atoms with Gasteiger partial charge in [-0.25, -0.2) is 0 Å². The molecular weight excluding hydrogens is 340 g/mol. The SMILES string of the molecule is COc1ccc(CCNC(=O)c2cc3ccc(C)cc3nc2C)cc1OC. The molecule has 0 spiro atoms. The zero-order valence-electron chi connectivity index (χ0n) is 16.1. The number of aromatic nitrogens is 1.